The van der Waals surface area contributed by atoms with Crippen molar-refractivity contribution in [2.75, 3.05) is 26.5 Å². The van der Waals surface area contributed by atoms with Crippen molar-refractivity contribution in [2.24, 2.45) is 4.99 Å². The summed E-state index contributed by atoms with van der Waals surface area (Å²) in [4.78, 5) is 4.32. The van der Waals surface area contributed by atoms with Crippen LogP contribution in [-0.4, -0.2) is 37.7 Å². The van der Waals surface area contributed by atoms with Crippen LogP contribution in [0.2, 0.25) is 0 Å². The van der Waals surface area contributed by atoms with Gasteiger partial charge in [0.25, 0.3) is 0 Å². The zero-order valence-electron chi connectivity index (χ0n) is 14.7. The molecule has 6 heteroatoms. The first-order valence-corrected chi connectivity index (χ1v) is 9.46. The average Bonchev–Trinajstić information content (AvgIpc) is 3.14. The highest BCUT2D eigenvalue weighted by Gasteiger charge is 2.15. The third-order valence-electron chi connectivity index (χ3n) is 4.32. The number of thioether (sulfide) groups is 1. The maximum absolute atomic E-state index is 5.28. The summed E-state index contributed by atoms with van der Waals surface area (Å²) >= 11 is 2.06. The Balaban J connectivity index is 0.00000225. The smallest absolute Gasteiger partial charge is 0.191 e. The van der Waals surface area contributed by atoms with Crippen LogP contribution in [0.15, 0.2) is 41.4 Å². The maximum Gasteiger partial charge on any atom is 0.191 e. The molecule has 136 valence electrons. The molecule has 1 aliphatic rings. The van der Waals surface area contributed by atoms with E-state index < -0.39 is 0 Å². The van der Waals surface area contributed by atoms with Gasteiger partial charge in [0.15, 0.2) is 5.96 Å². The number of halogens is 1. The maximum atomic E-state index is 5.28. The summed E-state index contributed by atoms with van der Waals surface area (Å²) in [7, 11) is 3.52. The molecule has 0 aliphatic carbocycles. The summed E-state index contributed by atoms with van der Waals surface area (Å²) in [5.74, 6) is 3.06. The Labute approximate surface area is 171 Å². The van der Waals surface area contributed by atoms with Crippen LogP contribution in [0.4, 0.5) is 0 Å². The second-order valence-electron chi connectivity index (χ2n) is 5.99. The summed E-state index contributed by atoms with van der Waals surface area (Å²) in [6.45, 7) is 1.75. The number of nitrogens with one attached hydrogen (secondary N) is 2. The standard InChI is InChI=1S/C19H25N3OS.HI/c1-20-19(22-13-18-4-3-9-24-18)21-12-14-5-6-16-11-17(23-2)8-7-15(16)10-14;/h5-8,10-11,18H,3-4,9,12-13H2,1-2H3,(H2,20,21,22);1H. The van der Waals surface area contributed by atoms with Gasteiger partial charge in [0.2, 0.25) is 0 Å². The lowest BCUT2D eigenvalue weighted by Crippen LogP contribution is -2.39. The van der Waals surface area contributed by atoms with E-state index in [1.54, 1.807) is 7.11 Å². The zero-order chi connectivity index (χ0) is 16.8. The van der Waals surface area contributed by atoms with Crippen molar-refractivity contribution in [3.8, 4) is 5.75 Å². The molecule has 1 aliphatic heterocycles. The number of fused-ring (bicyclic) bond motifs is 1. The average molecular weight is 471 g/mol. The fourth-order valence-electron chi connectivity index (χ4n) is 2.93. The van der Waals surface area contributed by atoms with E-state index in [1.165, 1.54) is 34.9 Å². The minimum Gasteiger partial charge on any atom is -0.497 e. The van der Waals surface area contributed by atoms with Gasteiger partial charge in [-0.25, -0.2) is 0 Å². The number of rotatable bonds is 5. The normalized spacial score (nSPS) is 17.2. The fourth-order valence-corrected chi connectivity index (χ4v) is 4.13. The predicted molar refractivity (Wildman–Crippen MR) is 120 cm³/mol. The summed E-state index contributed by atoms with van der Waals surface area (Å²) in [6, 6.07) is 12.7. The molecule has 2 aromatic rings. The lowest BCUT2D eigenvalue weighted by atomic mass is 10.1. The SMILES string of the molecule is CN=C(NCc1ccc2cc(OC)ccc2c1)NCC1CCCS1.I. The topological polar surface area (TPSA) is 45.7 Å². The highest BCUT2D eigenvalue weighted by atomic mass is 127. The van der Waals surface area contributed by atoms with Crippen LogP contribution >= 0.6 is 35.7 Å². The largest absolute Gasteiger partial charge is 0.497 e. The van der Waals surface area contributed by atoms with Crippen molar-refractivity contribution in [2.45, 2.75) is 24.6 Å². The summed E-state index contributed by atoms with van der Waals surface area (Å²) in [6.07, 6.45) is 2.65. The molecule has 2 N–H and O–H groups in total. The molecule has 25 heavy (non-hydrogen) atoms. The number of nitrogens with zero attached hydrogens (tertiary/aromatic N) is 1. The molecular weight excluding hydrogens is 445 g/mol. The van der Waals surface area contributed by atoms with E-state index in [9.17, 15) is 0 Å². The molecular formula is C19H26IN3OS. The van der Waals surface area contributed by atoms with Crippen LogP contribution in [0, 0.1) is 0 Å². The predicted octanol–water partition coefficient (Wildman–Crippen LogP) is 4.03. The molecule has 1 heterocycles. The molecule has 2 aromatic carbocycles. The first-order chi connectivity index (χ1) is 11.8. The van der Waals surface area contributed by atoms with Crippen LogP contribution in [-0.2, 0) is 6.54 Å². The van der Waals surface area contributed by atoms with Crippen molar-refractivity contribution >= 4 is 52.5 Å². The second kappa shape index (κ2) is 10.1. The molecule has 1 unspecified atom stereocenters. The van der Waals surface area contributed by atoms with Gasteiger partial charge in [0.1, 0.15) is 5.75 Å². The number of benzene rings is 2. The van der Waals surface area contributed by atoms with Gasteiger partial charge in [0.05, 0.1) is 7.11 Å². The Morgan fingerprint density at radius 1 is 1.20 bits per heavy atom. The quantitative estimate of drug-likeness (QED) is 0.393. The van der Waals surface area contributed by atoms with Gasteiger partial charge in [0, 0.05) is 25.4 Å². The van der Waals surface area contributed by atoms with Gasteiger partial charge < -0.3 is 15.4 Å². The highest BCUT2D eigenvalue weighted by molar-refractivity contribution is 14.0. The zero-order valence-corrected chi connectivity index (χ0v) is 17.9. The molecule has 4 nitrogen and oxygen atoms in total. The van der Waals surface area contributed by atoms with Gasteiger partial charge in [-0.1, -0.05) is 18.2 Å². The van der Waals surface area contributed by atoms with Gasteiger partial charge in [-0.15, -0.1) is 24.0 Å². The molecule has 1 saturated heterocycles. The minimum atomic E-state index is 0. The van der Waals surface area contributed by atoms with Gasteiger partial charge in [-0.2, -0.15) is 11.8 Å². The number of guanidine groups is 1. The molecule has 0 aromatic heterocycles. The Morgan fingerprint density at radius 3 is 2.72 bits per heavy atom. The Hall–Kier alpha value is -1.15. The number of hydrogen-bond acceptors (Lipinski definition) is 3. The third-order valence-corrected chi connectivity index (χ3v) is 5.71. The van der Waals surface area contributed by atoms with E-state index in [2.05, 4.69) is 57.7 Å². The highest BCUT2D eigenvalue weighted by Crippen LogP contribution is 2.25. The van der Waals surface area contributed by atoms with E-state index in [0.717, 1.165) is 30.0 Å². The molecule has 0 amide bonds. The van der Waals surface area contributed by atoms with Crippen LogP contribution in [0.3, 0.4) is 0 Å². The summed E-state index contributed by atoms with van der Waals surface area (Å²) in [5.41, 5.74) is 1.24. The van der Waals surface area contributed by atoms with E-state index in [1.807, 2.05) is 13.1 Å². The molecule has 0 bridgehead atoms. The number of methoxy groups -OCH3 is 1. The van der Waals surface area contributed by atoms with Crippen LogP contribution in [0.1, 0.15) is 18.4 Å². The van der Waals surface area contributed by atoms with Gasteiger partial charge in [-0.05, 0) is 53.1 Å². The van der Waals surface area contributed by atoms with E-state index in [4.69, 9.17) is 4.74 Å². The Bertz CT molecular complexity index is 717. The van der Waals surface area contributed by atoms with Crippen LogP contribution in [0.5, 0.6) is 5.75 Å². The lowest BCUT2D eigenvalue weighted by Gasteiger charge is -2.15. The Kier molecular flexibility index (Phi) is 8.15. The molecule has 0 saturated carbocycles. The van der Waals surface area contributed by atoms with Gasteiger partial charge in [-0.3, -0.25) is 4.99 Å². The molecule has 0 spiro atoms. The molecule has 3 rings (SSSR count). The van der Waals surface area contributed by atoms with Crippen LogP contribution < -0.4 is 15.4 Å². The number of hydrogen-bond donors (Lipinski definition) is 2. The first-order valence-electron chi connectivity index (χ1n) is 8.41. The van der Waals surface area contributed by atoms with E-state index in [-0.39, 0.29) is 24.0 Å². The van der Waals surface area contributed by atoms with Gasteiger partial charge >= 0.3 is 0 Å². The summed E-state index contributed by atoms with van der Waals surface area (Å²) in [5, 5.41) is 9.97. The molecule has 1 atom stereocenters. The first kappa shape index (κ1) is 20.2. The number of ether oxygens (including phenoxy) is 1. The fraction of sp³-hybridized carbons (Fsp3) is 0.421. The second-order valence-corrected chi connectivity index (χ2v) is 7.40. The van der Waals surface area contributed by atoms with E-state index >= 15 is 0 Å². The molecule has 1 fully saturated rings. The van der Waals surface area contributed by atoms with E-state index in [0.29, 0.717) is 0 Å². The van der Waals surface area contributed by atoms with Crippen molar-refractivity contribution in [1.82, 2.24) is 10.6 Å². The van der Waals surface area contributed by atoms with Crippen molar-refractivity contribution in [1.29, 1.82) is 0 Å². The third kappa shape index (κ3) is 5.67. The minimum absolute atomic E-state index is 0. The Morgan fingerprint density at radius 2 is 2.00 bits per heavy atom. The monoisotopic (exact) mass is 471 g/mol. The van der Waals surface area contributed by atoms with Crippen molar-refractivity contribution in [3.05, 3.63) is 42.0 Å². The summed E-state index contributed by atoms with van der Waals surface area (Å²) < 4.78 is 5.28. The molecule has 0 radical (unpaired) electrons. The van der Waals surface area contributed by atoms with Crippen LogP contribution in [0.25, 0.3) is 10.8 Å². The lowest BCUT2D eigenvalue weighted by molar-refractivity contribution is 0.415. The number of aliphatic imine (C=N–C) groups is 1. The van der Waals surface area contributed by atoms with Crippen molar-refractivity contribution in [3.63, 3.8) is 0 Å². The van der Waals surface area contributed by atoms with Crippen molar-refractivity contribution < 1.29 is 4.74 Å².